The van der Waals surface area contributed by atoms with Crippen LogP contribution in [-0.2, 0) is 10.0 Å². The fraction of sp³-hybridized carbons (Fsp3) is 0.500. The average Bonchev–Trinajstić information content (AvgIpc) is 2.34. The van der Waals surface area contributed by atoms with Crippen molar-refractivity contribution in [3.05, 3.63) is 23.8 Å². The molecule has 3 N–H and O–H groups in total. The zero-order chi connectivity index (χ0) is 16.2. The molecule has 0 heterocycles. The Kier molecular flexibility index (Phi) is 5.74. The normalized spacial score (nSPS) is 11.8. The third kappa shape index (κ3) is 5.35. The third-order valence-electron chi connectivity index (χ3n) is 2.55. The van der Waals surface area contributed by atoms with Crippen LogP contribution < -0.4 is 15.2 Å². The van der Waals surface area contributed by atoms with Crippen molar-refractivity contribution >= 4 is 15.9 Å². The van der Waals surface area contributed by atoms with E-state index in [1.54, 1.807) is 13.8 Å². The highest BCUT2D eigenvalue weighted by Crippen LogP contribution is 2.25. The summed E-state index contributed by atoms with van der Waals surface area (Å²) in [5.41, 5.74) is 0.232. The molecule has 1 rings (SSSR count). The van der Waals surface area contributed by atoms with E-state index < -0.39 is 10.0 Å². The second-order valence-corrected chi connectivity index (χ2v) is 7.01. The summed E-state index contributed by atoms with van der Waals surface area (Å²) in [4.78, 5) is 11.8. The van der Waals surface area contributed by atoms with Crippen molar-refractivity contribution in [3.63, 3.8) is 0 Å². The number of sulfonamides is 1. The first kappa shape index (κ1) is 17.5. The predicted octanol–water partition coefficient (Wildman–Crippen LogP) is 1.51. The summed E-state index contributed by atoms with van der Waals surface area (Å²) in [5.74, 6) is 0.104. The Balaban J connectivity index is 3.13. The van der Waals surface area contributed by atoms with Gasteiger partial charge in [-0.1, -0.05) is 13.8 Å². The lowest BCUT2D eigenvalue weighted by atomic mass is 10.2. The van der Waals surface area contributed by atoms with Crippen LogP contribution >= 0.6 is 0 Å². The number of carbonyl (C=O) groups excluding carboxylic acids is 1. The molecule has 0 fully saturated rings. The van der Waals surface area contributed by atoms with Gasteiger partial charge in [0.1, 0.15) is 10.6 Å². The van der Waals surface area contributed by atoms with Crippen molar-refractivity contribution in [2.75, 3.05) is 6.54 Å². The van der Waals surface area contributed by atoms with Gasteiger partial charge >= 0.3 is 0 Å². The van der Waals surface area contributed by atoms with Gasteiger partial charge in [0, 0.05) is 12.1 Å². The smallest absolute Gasteiger partial charge is 0.251 e. The van der Waals surface area contributed by atoms with Crippen LogP contribution in [0.3, 0.4) is 0 Å². The van der Waals surface area contributed by atoms with Crippen molar-refractivity contribution in [3.8, 4) is 5.75 Å². The summed E-state index contributed by atoms with van der Waals surface area (Å²) >= 11 is 0. The molecule has 1 aromatic carbocycles. The van der Waals surface area contributed by atoms with Gasteiger partial charge in [-0.05, 0) is 38.0 Å². The molecule has 0 bridgehead atoms. The van der Waals surface area contributed by atoms with E-state index >= 15 is 0 Å². The molecule has 7 heteroatoms. The number of amides is 1. The van der Waals surface area contributed by atoms with Crippen molar-refractivity contribution < 1.29 is 17.9 Å². The van der Waals surface area contributed by atoms with E-state index in [1.807, 2.05) is 13.8 Å². The van der Waals surface area contributed by atoms with Gasteiger partial charge in [-0.15, -0.1) is 0 Å². The third-order valence-corrected chi connectivity index (χ3v) is 3.48. The minimum atomic E-state index is -3.97. The van der Waals surface area contributed by atoms with Gasteiger partial charge in [0.15, 0.2) is 0 Å². The first-order valence-electron chi connectivity index (χ1n) is 6.73. The number of rotatable bonds is 6. The minimum absolute atomic E-state index is 0.146. The molecular weight excluding hydrogens is 292 g/mol. The van der Waals surface area contributed by atoms with E-state index in [1.165, 1.54) is 18.2 Å². The molecular formula is C14H22N2O4S. The number of nitrogens with two attached hydrogens (primary N) is 1. The lowest BCUT2D eigenvalue weighted by Gasteiger charge is -2.14. The van der Waals surface area contributed by atoms with Crippen LogP contribution in [0.25, 0.3) is 0 Å². The lowest BCUT2D eigenvalue weighted by molar-refractivity contribution is 0.0948. The Bertz CT molecular complexity index is 609. The lowest BCUT2D eigenvalue weighted by Crippen LogP contribution is -2.27. The number of nitrogens with one attached hydrogen (secondary N) is 1. The van der Waals surface area contributed by atoms with Gasteiger partial charge in [0.2, 0.25) is 10.0 Å². The summed E-state index contributed by atoms with van der Waals surface area (Å²) in [6, 6.07) is 4.20. The van der Waals surface area contributed by atoms with Crippen molar-refractivity contribution in [2.24, 2.45) is 11.1 Å². The number of primary sulfonamides is 1. The van der Waals surface area contributed by atoms with Crippen LogP contribution in [0.1, 0.15) is 38.1 Å². The molecule has 21 heavy (non-hydrogen) atoms. The summed E-state index contributed by atoms with van der Waals surface area (Å²) in [6.45, 7) is 7.99. The quantitative estimate of drug-likeness (QED) is 0.831. The number of ether oxygens (including phenoxy) is 1. The summed E-state index contributed by atoms with van der Waals surface area (Å²) in [6.07, 6.45) is -0.203. The second-order valence-electron chi connectivity index (χ2n) is 5.48. The SMILES string of the molecule is CC(C)CNC(=O)c1ccc(OC(C)C)c(S(N)(=O)=O)c1. The zero-order valence-electron chi connectivity index (χ0n) is 12.7. The number of carbonyl (C=O) groups is 1. The molecule has 0 aromatic heterocycles. The van der Waals surface area contributed by atoms with Gasteiger partial charge in [-0.2, -0.15) is 0 Å². The highest BCUT2D eigenvalue weighted by atomic mass is 32.2. The van der Waals surface area contributed by atoms with E-state index in [-0.39, 0.29) is 28.2 Å². The topological polar surface area (TPSA) is 98.5 Å². The van der Waals surface area contributed by atoms with E-state index in [0.717, 1.165) is 0 Å². The molecule has 0 atom stereocenters. The van der Waals surface area contributed by atoms with E-state index in [4.69, 9.17) is 9.88 Å². The monoisotopic (exact) mass is 314 g/mol. The maximum Gasteiger partial charge on any atom is 0.251 e. The maximum atomic E-state index is 12.0. The van der Waals surface area contributed by atoms with Gasteiger partial charge < -0.3 is 10.1 Å². The van der Waals surface area contributed by atoms with Crippen LogP contribution in [0.5, 0.6) is 5.75 Å². The zero-order valence-corrected chi connectivity index (χ0v) is 13.5. The highest BCUT2D eigenvalue weighted by Gasteiger charge is 2.19. The molecule has 0 aliphatic rings. The van der Waals surface area contributed by atoms with Crippen molar-refractivity contribution in [1.29, 1.82) is 0 Å². The highest BCUT2D eigenvalue weighted by molar-refractivity contribution is 7.89. The average molecular weight is 314 g/mol. The summed E-state index contributed by atoms with van der Waals surface area (Å²) < 4.78 is 28.7. The van der Waals surface area contributed by atoms with Gasteiger partial charge in [-0.25, -0.2) is 13.6 Å². The van der Waals surface area contributed by atoms with Crippen LogP contribution in [-0.4, -0.2) is 27.0 Å². The van der Waals surface area contributed by atoms with Gasteiger partial charge in [0.05, 0.1) is 6.10 Å². The van der Waals surface area contributed by atoms with Crippen molar-refractivity contribution in [1.82, 2.24) is 5.32 Å². The van der Waals surface area contributed by atoms with Gasteiger partial charge in [0.25, 0.3) is 5.91 Å². The maximum absolute atomic E-state index is 12.0. The Morgan fingerprint density at radius 2 is 1.90 bits per heavy atom. The van der Waals surface area contributed by atoms with Crippen LogP contribution in [0, 0.1) is 5.92 Å². The predicted molar refractivity (Wildman–Crippen MR) is 80.8 cm³/mol. The van der Waals surface area contributed by atoms with Crippen LogP contribution in [0.2, 0.25) is 0 Å². The summed E-state index contributed by atoms with van der Waals surface area (Å²) in [7, 11) is -3.97. The fourth-order valence-electron chi connectivity index (χ4n) is 1.62. The van der Waals surface area contributed by atoms with Gasteiger partial charge in [-0.3, -0.25) is 4.79 Å². The van der Waals surface area contributed by atoms with Crippen LogP contribution in [0.15, 0.2) is 23.1 Å². The Labute approximate surface area is 125 Å². The first-order chi connectivity index (χ1) is 9.61. The molecule has 6 nitrogen and oxygen atoms in total. The Morgan fingerprint density at radius 3 is 2.38 bits per heavy atom. The molecule has 1 aromatic rings. The minimum Gasteiger partial charge on any atom is -0.490 e. The molecule has 0 unspecified atom stereocenters. The largest absolute Gasteiger partial charge is 0.490 e. The summed E-state index contributed by atoms with van der Waals surface area (Å²) in [5, 5.41) is 7.91. The Hall–Kier alpha value is -1.60. The molecule has 118 valence electrons. The number of hydrogen-bond acceptors (Lipinski definition) is 4. The first-order valence-corrected chi connectivity index (χ1v) is 8.27. The van der Waals surface area contributed by atoms with E-state index in [9.17, 15) is 13.2 Å². The molecule has 0 saturated heterocycles. The molecule has 1 amide bonds. The molecule has 0 spiro atoms. The molecule has 0 radical (unpaired) electrons. The fourth-order valence-corrected chi connectivity index (χ4v) is 2.31. The van der Waals surface area contributed by atoms with Crippen molar-refractivity contribution in [2.45, 2.75) is 38.7 Å². The molecule has 0 aliphatic carbocycles. The number of hydrogen-bond donors (Lipinski definition) is 2. The molecule has 0 aliphatic heterocycles. The van der Waals surface area contributed by atoms with Crippen LogP contribution in [0.4, 0.5) is 0 Å². The Morgan fingerprint density at radius 1 is 1.29 bits per heavy atom. The molecule has 0 saturated carbocycles. The number of benzene rings is 1. The van der Waals surface area contributed by atoms with E-state index in [0.29, 0.717) is 12.5 Å². The standard InChI is InChI=1S/C14H22N2O4S/c1-9(2)8-16-14(17)11-5-6-12(20-10(3)4)13(7-11)21(15,18)19/h5-7,9-10H,8H2,1-4H3,(H,16,17)(H2,15,18,19). The second kappa shape index (κ2) is 6.91. The van der Waals surface area contributed by atoms with E-state index in [2.05, 4.69) is 5.32 Å².